The van der Waals surface area contributed by atoms with Crippen LogP contribution >= 0.6 is 15.9 Å². The van der Waals surface area contributed by atoms with Gasteiger partial charge in [-0.2, -0.15) is 5.10 Å². The second kappa shape index (κ2) is 5.00. The molecule has 1 heterocycles. The highest BCUT2D eigenvalue weighted by Crippen LogP contribution is 2.29. The highest BCUT2D eigenvalue weighted by molar-refractivity contribution is 9.10. The number of amidine groups is 1. The molecule has 0 radical (unpaired) electrons. The van der Waals surface area contributed by atoms with Gasteiger partial charge in [-0.15, -0.1) is 0 Å². The maximum atomic E-state index is 13.2. The third-order valence-corrected chi connectivity index (χ3v) is 3.15. The van der Waals surface area contributed by atoms with Gasteiger partial charge < -0.3 is 10.5 Å². The van der Waals surface area contributed by atoms with Crippen molar-refractivity contribution in [1.29, 1.82) is 5.41 Å². The van der Waals surface area contributed by atoms with E-state index in [0.29, 0.717) is 27.4 Å². The zero-order chi connectivity index (χ0) is 14.2. The molecule has 0 amide bonds. The van der Waals surface area contributed by atoms with E-state index in [-0.39, 0.29) is 11.7 Å². The Morgan fingerprint density at radius 1 is 1.53 bits per heavy atom. The zero-order valence-corrected chi connectivity index (χ0v) is 12.0. The Morgan fingerprint density at radius 3 is 2.79 bits per heavy atom. The van der Waals surface area contributed by atoms with Crippen molar-refractivity contribution in [3.05, 3.63) is 39.7 Å². The van der Waals surface area contributed by atoms with Gasteiger partial charge >= 0.3 is 0 Å². The van der Waals surface area contributed by atoms with Gasteiger partial charge in [0.25, 0.3) is 0 Å². The molecule has 0 aliphatic carbocycles. The lowest BCUT2D eigenvalue weighted by Crippen LogP contribution is -2.13. The predicted octanol–water partition coefficient (Wildman–Crippen LogP) is 2.71. The molecule has 0 fully saturated rings. The predicted molar refractivity (Wildman–Crippen MR) is 73.1 cm³/mol. The van der Waals surface area contributed by atoms with Crippen LogP contribution in [0.1, 0.15) is 11.3 Å². The lowest BCUT2D eigenvalue weighted by atomic mass is 10.2. The summed E-state index contributed by atoms with van der Waals surface area (Å²) in [6.07, 6.45) is 0. The number of rotatable bonds is 3. The Balaban J connectivity index is 2.43. The van der Waals surface area contributed by atoms with E-state index >= 15 is 0 Å². The molecule has 0 aliphatic rings. The fraction of sp³-hybridized carbons (Fsp3) is 0.167. The average Bonchev–Trinajstić information content (AvgIpc) is 2.59. The van der Waals surface area contributed by atoms with Crippen molar-refractivity contribution in [3.63, 3.8) is 0 Å². The van der Waals surface area contributed by atoms with E-state index in [1.54, 1.807) is 14.0 Å². The van der Waals surface area contributed by atoms with Crippen LogP contribution in [-0.2, 0) is 7.05 Å². The van der Waals surface area contributed by atoms with Crippen LogP contribution in [0.2, 0.25) is 0 Å². The second-order valence-corrected chi connectivity index (χ2v) is 4.84. The molecule has 1 aromatic carbocycles. The molecule has 0 saturated carbocycles. The molecule has 2 aromatic rings. The number of benzene rings is 1. The lowest BCUT2D eigenvalue weighted by molar-refractivity contribution is 0.428. The van der Waals surface area contributed by atoms with E-state index in [1.807, 2.05) is 0 Å². The summed E-state index contributed by atoms with van der Waals surface area (Å²) in [5.41, 5.74) is 6.55. The van der Waals surface area contributed by atoms with Gasteiger partial charge in [0.1, 0.15) is 23.0 Å². The quantitative estimate of drug-likeness (QED) is 0.672. The number of nitrogens with one attached hydrogen (secondary N) is 1. The molecule has 5 nitrogen and oxygen atoms in total. The van der Waals surface area contributed by atoms with E-state index in [9.17, 15) is 4.39 Å². The van der Waals surface area contributed by atoms with Crippen molar-refractivity contribution >= 4 is 21.8 Å². The van der Waals surface area contributed by atoms with Crippen LogP contribution in [-0.4, -0.2) is 15.6 Å². The van der Waals surface area contributed by atoms with Crippen LogP contribution < -0.4 is 10.5 Å². The van der Waals surface area contributed by atoms with E-state index < -0.39 is 0 Å². The van der Waals surface area contributed by atoms with Gasteiger partial charge in [0.2, 0.25) is 5.88 Å². The largest absolute Gasteiger partial charge is 0.438 e. The molecule has 2 rings (SSSR count). The monoisotopic (exact) mass is 326 g/mol. The smallest absolute Gasteiger partial charge is 0.228 e. The number of nitrogens with two attached hydrogens (primary N) is 1. The van der Waals surface area contributed by atoms with Gasteiger partial charge in [-0.3, -0.25) is 5.41 Å². The van der Waals surface area contributed by atoms with E-state index in [2.05, 4.69) is 21.0 Å². The fourth-order valence-corrected chi connectivity index (χ4v) is 2.07. The molecule has 0 atom stereocenters. The van der Waals surface area contributed by atoms with Crippen LogP contribution in [0.25, 0.3) is 0 Å². The summed E-state index contributed by atoms with van der Waals surface area (Å²) in [5.74, 6) is 0.282. The number of halogens is 2. The first-order valence-electron chi connectivity index (χ1n) is 5.41. The van der Waals surface area contributed by atoms with Crippen LogP contribution in [0, 0.1) is 18.2 Å². The zero-order valence-electron chi connectivity index (χ0n) is 10.4. The molecule has 1 aromatic heterocycles. The lowest BCUT2D eigenvalue weighted by Gasteiger charge is -2.08. The first kappa shape index (κ1) is 13.5. The van der Waals surface area contributed by atoms with Crippen molar-refractivity contribution in [2.75, 3.05) is 0 Å². The van der Waals surface area contributed by atoms with Gasteiger partial charge in [-0.05, 0) is 41.1 Å². The Bertz CT molecular complexity index is 653. The molecule has 100 valence electrons. The molecule has 0 saturated heterocycles. The molecule has 0 unspecified atom stereocenters. The van der Waals surface area contributed by atoms with Crippen molar-refractivity contribution in [3.8, 4) is 11.6 Å². The van der Waals surface area contributed by atoms with Crippen molar-refractivity contribution in [1.82, 2.24) is 9.78 Å². The van der Waals surface area contributed by atoms with Gasteiger partial charge in [0.15, 0.2) is 0 Å². The maximum absolute atomic E-state index is 13.2. The second-order valence-electron chi connectivity index (χ2n) is 3.98. The van der Waals surface area contributed by atoms with Gasteiger partial charge in [0, 0.05) is 7.05 Å². The summed E-state index contributed by atoms with van der Waals surface area (Å²) < 4.78 is 20.6. The number of nitrogen functional groups attached to an aromatic ring is 1. The topological polar surface area (TPSA) is 76.9 Å². The van der Waals surface area contributed by atoms with Crippen LogP contribution in [0.4, 0.5) is 4.39 Å². The number of hydrogen-bond donors (Lipinski definition) is 2. The Hall–Kier alpha value is -1.89. The molecule has 19 heavy (non-hydrogen) atoms. The van der Waals surface area contributed by atoms with Crippen molar-refractivity contribution < 1.29 is 9.13 Å². The number of aromatic nitrogens is 2. The van der Waals surface area contributed by atoms with Crippen molar-refractivity contribution in [2.45, 2.75) is 6.92 Å². The third kappa shape index (κ3) is 2.60. The molecular weight excluding hydrogens is 315 g/mol. The van der Waals surface area contributed by atoms with Gasteiger partial charge in [-0.1, -0.05) is 0 Å². The summed E-state index contributed by atoms with van der Waals surface area (Å²) in [7, 11) is 1.69. The fourth-order valence-electron chi connectivity index (χ4n) is 1.72. The first-order valence-corrected chi connectivity index (χ1v) is 6.20. The Kier molecular flexibility index (Phi) is 3.57. The van der Waals surface area contributed by atoms with Crippen molar-refractivity contribution in [2.24, 2.45) is 12.8 Å². The number of hydrogen-bond acceptors (Lipinski definition) is 3. The highest BCUT2D eigenvalue weighted by atomic mass is 79.9. The molecular formula is C12H12BrFN4O. The van der Waals surface area contributed by atoms with Crippen LogP contribution in [0.15, 0.2) is 22.7 Å². The summed E-state index contributed by atoms with van der Waals surface area (Å²) >= 11 is 3.09. The summed E-state index contributed by atoms with van der Waals surface area (Å²) in [6.45, 7) is 1.74. The summed E-state index contributed by atoms with van der Waals surface area (Å²) in [6, 6.07) is 4.28. The molecule has 7 heteroatoms. The highest BCUT2D eigenvalue weighted by Gasteiger charge is 2.18. The number of aryl methyl sites for hydroxylation is 2. The molecule has 3 N–H and O–H groups in total. The van der Waals surface area contributed by atoms with E-state index in [4.69, 9.17) is 15.9 Å². The van der Waals surface area contributed by atoms with E-state index in [1.165, 1.54) is 22.9 Å². The summed E-state index contributed by atoms with van der Waals surface area (Å²) in [5, 5.41) is 11.7. The maximum Gasteiger partial charge on any atom is 0.228 e. The molecule has 0 bridgehead atoms. The van der Waals surface area contributed by atoms with E-state index in [0.717, 1.165) is 0 Å². The normalized spacial score (nSPS) is 10.5. The number of ether oxygens (including phenoxy) is 1. The first-order chi connectivity index (χ1) is 8.90. The Morgan fingerprint density at radius 2 is 2.21 bits per heavy atom. The Labute approximate surface area is 117 Å². The molecule has 0 aliphatic heterocycles. The van der Waals surface area contributed by atoms with Gasteiger partial charge in [-0.25, -0.2) is 9.07 Å². The third-order valence-electron chi connectivity index (χ3n) is 2.54. The summed E-state index contributed by atoms with van der Waals surface area (Å²) in [4.78, 5) is 0. The SMILES string of the molecule is Cc1nn(C)c(Oc2ccc(F)c(Br)c2)c1C(=N)N. The number of nitrogens with zero attached hydrogens (tertiary/aromatic N) is 2. The van der Waals surface area contributed by atoms with Gasteiger partial charge in [0.05, 0.1) is 10.2 Å². The average molecular weight is 327 g/mol. The van der Waals surface area contributed by atoms with Crippen LogP contribution in [0.5, 0.6) is 11.6 Å². The minimum Gasteiger partial charge on any atom is -0.438 e. The minimum atomic E-state index is -0.375. The van der Waals surface area contributed by atoms with Crippen LogP contribution in [0.3, 0.4) is 0 Å². The standard InChI is InChI=1S/C12H12BrFN4O/c1-6-10(11(15)16)12(18(2)17-6)19-7-3-4-9(14)8(13)5-7/h3-5H,1-2H3,(H3,15,16). The molecule has 0 spiro atoms. The minimum absolute atomic E-state index is 0.123.